The van der Waals surface area contributed by atoms with Gasteiger partial charge >= 0.3 is 0 Å². The predicted molar refractivity (Wildman–Crippen MR) is 77.7 cm³/mol. The van der Waals surface area contributed by atoms with Crippen LogP contribution in [0.2, 0.25) is 5.02 Å². The minimum atomic E-state index is -0.384. The molecule has 0 fully saturated rings. The van der Waals surface area contributed by atoms with Gasteiger partial charge in [-0.15, -0.1) is 0 Å². The normalized spacial score (nSPS) is 10.2. The molecule has 5 heteroatoms. The predicted octanol–water partition coefficient (Wildman–Crippen LogP) is 3.94. The minimum Gasteiger partial charge on any atom is -0.492 e. The van der Waals surface area contributed by atoms with Gasteiger partial charge in [-0.1, -0.05) is 11.6 Å². The van der Waals surface area contributed by atoms with E-state index in [4.69, 9.17) is 16.3 Å². The first-order chi connectivity index (χ1) is 10.1. The molecule has 0 N–H and O–H groups in total. The molecule has 0 bridgehead atoms. The third kappa shape index (κ3) is 4.13. The molecular weight excluding hydrogens is 295 g/mol. The molecule has 0 saturated carbocycles. The molecule has 0 heterocycles. The van der Waals surface area contributed by atoms with Crippen molar-refractivity contribution in [2.75, 3.05) is 6.61 Å². The van der Waals surface area contributed by atoms with E-state index < -0.39 is 0 Å². The summed E-state index contributed by atoms with van der Waals surface area (Å²) in [5.74, 6) is -0.116. The molecule has 3 nitrogen and oxygen atoms in total. The second kappa shape index (κ2) is 6.99. The van der Waals surface area contributed by atoms with E-state index in [1.54, 1.807) is 12.1 Å². The Hall–Kier alpha value is -2.20. The average Bonchev–Trinajstić information content (AvgIpc) is 2.49. The highest BCUT2D eigenvalue weighted by Crippen LogP contribution is 2.25. The Morgan fingerprint density at radius 1 is 1.19 bits per heavy atom. The van der Waals surface area contributed by atoms with Crippen LogP contribution in [0.5, 0.6) is 5.75 Å². The van der Waals surface area contributed by atoms with Crippen molar-refractivity contribution in [2.24, 2.45) is 0 Å². The van der Waals surface area contributed by atoms with Crippen LogP contribution < -0.4 is 4.74 Å². The number of Topliss-reactive ketones (excluding diaryl/α,β-unsaturated/α-hetero) is 1. The van der Waals surface area contributed by atoms with Crippen molar-refractivity contribution >= 4 is 23.7 Å². The van der Waals surface area contributed by atoms with Crippen LogP contribution in [0.1, 0.15) is 27.1 Å². The maximum atomic E-state index is 12.8. The topological polar surface area (TPSA) is 43.4 Å². The van der Waals surface area contributed by atoms with Gasteiger partial charge in [0.1, 0.15) is 17.9 Å². The Kier molecular flexibility index (Phi) is 5.06. The fourth-order valence-electron chi connectivity index (χ4n) is 1.74. The summed E-state index contributed by atoms with van der Waals surface area (Å²) < 4.78 is 18.2. The van der Waals surface area contributed by atoms with Crippen LogP contribution in [-0.4, -0.2) is 18.7 Å². The van der Waals surface area contributed by atoms with Crippen LogP contribution in [0.3, 0.4) is 0 Å². The fourth-order valence-corrected chi connectivity index (χ4v) is 1.98. The smallest absolute Gasteiger partial charge is 0.166 e. The number of aldehydes is 1. The van der Waals surface area contributed by atoms with E-state index >= 15 is 0 Å². The number of ether oxygens (including phenoxy) is 1. The van der Waals surface area contributed by atoms with E-state index in [9.17, 15) is 14.0 Å². The van der Waals surface area contributed by atoms with Gasteiger partial charge < -0.3 is 4.74 Å². The second-order valence-electron chi connectivity index (χ2n) is 4.34. The third-order valence-electron chi connectivity index (χ3n) is 2.84. The summed E-state index contributed by atoms with van der Waals surface area (Å²) in [5.41, 5.74) is 0.886. The maximum Gasteiger partial charge on any atom is 0.166 e. The van der Waals surface area contributed by atoms with E-state index in [1.807, 2.05) is 0 Å². The van der Waals surface area contributed by atoms with Gasteiger partial charge in [0.15, 0.2) is 5.78 Å². The zero-order chi connectivity index (χ0) is 15.2. The molecule has 0 aliphatic rings. The lowest BCUT2D eigenvalue weighted by molar-refractivity contribution is 0.0962. The highest BCUT2D eigenvalue weighted by Gasteiger charge is 2.08. The molecule has 0 aromatic heterocycles. The first-order valence-corrected chi connectivity index (χ1v) is 6.64. The van der Waals surface area contributed by atoms with Crippen molar-refractivity contribution in [3.05, 3.63) is 64.4 Å². The highest BCUT2D eigenvalue weighted by atomic mass is 35.5. The molecule has 2 aromatic carbocycles. The van der Waals surface area contributed by atoms with Gasteiger partial charge in [-0.3, -0.25) is 9.59 Å². The SMILES string of the molecule is O=Cc1ccc(OCCC(=O)c2ccc(F)cc2)c(Cl)c1. The molecule has 0 amide bonds. The largest absolute Gasteiger partial charge is 0.492 e. The van der Waals surface area contributed by atoms with E-state index in [1.165, 1.54) is 30.3 Å². The van der Waals surface area contributed by atoms with Crippen molar-refractivity contribution < 1.29 is 18.7 Å². The lowest BCUT2D eigenvalue weighted by Gasteiger charge is -2.08. The van der Waals surface area contributed by atoms with Gasteiger partial charge in [0, 0.05) is 17.5 Å². The van der Waals surface area contributed by atoms with Gasteiger partial charge in [0.25, 0.3) is 0 Å². The molecule has 0 radical (unpaired) electrons. The Balaban J connectivity index is 1.90. The van der Waals surface area contributed by atoms with Gasteiger partial charge in [-0.05, 0) is 42.5 Å². The Morgan fingerprint density at radius 3 is 2.52 bits per heavy atom. The van der Waals surface area contributed by atoms with Crippen LogP contribution in [-0.2, 0) is 0 Å². The fraction of sp³-hybridized carbons (Fsp3) is 0.125. The lowest BCUT2D eigenvalue weighted by atomic mass is 10.1. The summed E-state index contributed by atoms with van der Waals surface area (Å²) >= 11 is 5.95. The van der Waals surface area contributed by atoms with Crippen molar-refractivity contribution in [2.45, 2.75) is 6.42 Å². The quantitative estimate of drug-likeness (QED) is 0.599. The molecule has 0 spiro atoms. The first-order valence-electron chi connectivity index (χ1n) is 6.26. The molecule has 0 aliphatic heterocycles. The number of benzene rings is 2. The molecule has 108 valence electrons. The zero-order valence-electron chi connectivity index (χ0n) is 11.0. The van der Waals surface area contributed by atoms with Crippen molar-refractivity contribution in [1.29, 1.82) is 0 Å². The summed E-state index contributed by atoms with van der Waals surface area (Å²) in [4.78, 5) is 22.4. The van der Waals surface area contributed by atoms with Crippen LogP contribution in [0.4, 0.5) is 4.39 Å². The summed E-state index contributed by atoms with van der Waals surface area (Å²) in [5, 5.41) is 0.314. The first kappa shape index (κ1) is 15.2. The molecule has 21 heavy (non-hydrogen) atoms. The number of hydrogen-bond acceptors (Lipinski definition) is 3. The number of carbonyl (C=O) groups excluding carboxylic acids is 2. The van der Waals surface area contributed by atoms with E-state index in [-0.39, 0.29) is 24.6 Å². The number of rotatable bonds is 6. The van der Waals surface area contributed by atoms with Crippen LogP contribution >= 0.6 is 11.6 Å². The molecule has 0 unspecified atom stereocenters. The third-order valence-corrected chi connectivity index (χ3v) is 3.14. The standard InChI is InChI=1S/C16H12ClFO3/c17-14-9-11(10-19)1-6-16(14)21-8-7-15(20)12-2-4-13(18)5-3-12/h1-6,9-10H,7-8H2. The van der Waals surface area contributed by atoms with Gasteiger partial charge in [0.2, 0.25) is 0 Å². The van der Waals surface area contributed by atoms with E-state index in [0.717, 1.165) is 0 Å². The Morgan fingerprint density at radius 2 is 1.90 bits per heavy atom. The van der Waals surface area contributed by atoms with Gasteiger partial charge in [0.05, 0.1) is 11.6 Å². The van der Waals surface area contributed by atoms with Crippen molar-refractivity contribution in [3.63, 3.8) is 0 Å². The molecule has 2 rings (SSSR count). The number of carbonyl (C=O) groups is 2. The lowest BCUT2D eigenvalue weighted by Crippen LogP contribution is -2.07. The minimum absolute atomic E-state index is 0.143. The van der Waals surface area contributed by atoms with Gasteiger partial charge in [-0.2, -0.15) is 0 Å². The molecule has 2 aromatic rings. The zero-order valence-corrected chi connectivity index (χ0v) is 11.8. The van der Waals surface area contributed by atoms with Crippen LogP contribution in [0.15, 0.2) is 42.5 Å². The van der Waals surface area contributed by atoms with Gasteiger partial charge in [-0.25, -0.2) is 4.39 Å². The van der Waals surface area contributed by atoms with Crippen LogP contribution in [0.25, 0.3) is 0 Å². The maximum absolute atomic E-state index is 12.8. The number of hydrogen-bond donors (Lipinski definition) is 0. The second-order valence-corrected chi connectivity index (χ2v) is 4.74. The van der Waals surface area contributed by atoms with Crippen molar-refractivity contribution in [3.8, 4) is 5.75 Å². The monoisotopic (exact) mass is 306 g/mol. The molecule has 0 aliphatic carbocycles. The summed E-state index contributed by atoms with van der Waals surface area (Å²) in [6.07, 6.45) is 0.838. The van der Waals surface area contributed by atoms with E-state index in [0.29, 0.717) is 28.2 Å². The van der Waals surface area contributed by atoms with E-state index in [2.05, 4.69) is 0 Å². The summed E-state index contributed by atoms with van der Waals surface area (Å²) in [7, 11) is 0. The molecular formula is C16H12ClFO3. The summed E-state index contributed by atoms with van der Waals surface area (Å²) in [6.45, 7) is 0.149. The Bertz CT molecular complexity index is 653. The van der Waals surface area contributed by atoms with Crippen LogP contribution in [0, 0.1) is 5.82 Å². The average molecular weight is 307 g/mol. The number of halogens is 2. The highest BCUT2D eigenvalue weighted by molar-refractivity contribution is 6.32. The molecule has 0 atom stereocenters. The Labute approximate surface area is 126 Å². The molecule has 0 saturated heterocycles. The van der Waals surface area contributed by atoms with Crippen molar-refractivity contribution in [1.82, 2.24) is 0 Å². The summed E-state index contributed by atoms with van der Waals surface area (Å²) in [6, 6.07) is 10.00. The number of ketones is 1.